The fraction of sp³-hybridized carbons (Fsp3) is 0.172. The van der Waals surface area contributed by atoms with E-state index in [-0.39, 0.29) is 5.41 Å². The molecule has 0 aliphatic heterocycles. The second-order valence-electron chi connectivity index (χ2n) is 8.92. The van der Waals surface area contributed by atoms with Gasteiger partial charge in [0.15, 0.2) is 0 Å². The fourth-order valence-electron chi connectivity index (χ4n) is 5.47. The Morgan fingerprint density at radius 3 is 2.17 bits per heavy atom. The Labute approximate surface area is 177 Å². The average molecular weight is 388 g/mol. The lowest BCUT2D eigenvalue weighted by Gasteiger charge is -2.21. The molecule has 1 aliphatic rings. The van der Waals surface area contributed by atoms with Gasteiger partial charge in [-0.25, -0.2) is 0 Å². The zero-order chi connectivity index (χ0) is 20.5. The zero-order valence-electron chi connectivity index (χ0n) is 17.7. The molecule has 1 heterocycles. The third kappa shape index (κ3) is 2.24. The van der Waals surface area contributed by atoms with Gasteiger partial charge in [-0.15, -0.1) is 0 Å². The summed E-state index contributed by atoms with van der Waals surface area (Å²) in [6.45, 7) is 7.87. The van der Waals surface area contributed by atoms with Crippen LogP contribution in [0.2, 0.25) is 0 Å². The average Bonchev–Trinajstić information content (AvgIpc) is 3.22. The van der Waals surface area contributed by atoms with Crippen LogP contribution >= 0.6 is 0 Å². The maximum atomic E-state index is 2.41. The van der Waals surface area contributed by atoms with Gasteiger partial charge >= 0.3 is 0 Å². The third-order valence-electron chi connectivity index (χ3n) is 7.01. The molecule has 0 atom stereocenters. The normalized spacial score (nSPS) is 14.2. The second kappa shape index (κ2) is 6.09. The summed E-state index contributed by atoms with van der Waals surface area (Å²) < 4.78 is 2.41. The van der Waals surface area contributed by atoms with Crippen LogP contribution in [0.15, 0.2) is 84.9 Å². The molecule has 0 saturated heterocycles. The number of hydrogen-bond donors (Lipinski definition) is 0. The summed E-state index contributed by atoms with van der Waals surface area (Å²) in [7, 11) is 0. The van der Waals surface area contributed by atoms with Gasteiger partial charge in [0.05, 0.1) is 0 Å². The van der Waals surface area contributed by atoms with Crippen molar-refractivity contribution < 1.29 is 0 Å². The summed E-state index contributed by atoms with van der Waals surface area (Å²) in [6, 6.07) is 31.6. The number of hydrogen-bond acceptors (Lipinski definition) is 0. The quantitative estimate of drug-likeness (QED) is 0.291. The largest absolute Gasteiger partial charge is 0.341 e. The summed E-state index contributed by atoms with van der Waals surface area (Å²) >= 11 is 0. The number of fused-ring (bicyclic) bond motifs is 6. The number of aryl methyl sites for hydroxylation is 1. The highest BCUT2D eigenvalue weighted by molar-refractivity contribution is 6.09. The molecule has 0 radical (unpaired) electrons. The number of rotatable bonds is 2. The van der Waals surface area contributed by atoms with E-state index in [1.807, 2.05) is 0 Å². The van der Waals surface area contributed by atoms with Crippen LogP contribution in [-0.4, -0.2) is 4.57 Å². The summed E-state index contributed by atoms with van der Waals surface area (Å²) in [5.41, 5.74) is 10.9. The van der Waals surface area contributed by atoms with E-state index in [4.69, 9.17) is 0 Å². The Morgan fingerprint density at radius 1 is 0.633 bits per heavy atom. The van der Waals surface area contributed by atoms with Crippen molar-refractivity contribution in [2.75, 3.05) is 0 Å². The molecular formula is C29H25N. The van der Waals surface area contributed by atoms with Crippen LogP contribution in [0.5, 0.6) is 0 Å². The van der Waals surface area contributed by atoms with E-state index in [1.165, 1.54) is 55.2 Å². The Morgan fingerprint density at radius 2 is 1.30 bits per heavy atom. The van der Waals surface area contributed by atoms with E-state index in [2.05, 4.69) is 110 Å². The Hall–Kier alpha value is -3.32. The predicted octanol–water partition coefficient (Wildman–Crippen LogP) is 7.79. The first-order valence-electron chi connectivity index (χ1n) is 10.9. The van der Waals surface area contributed by atoms with Crippen molar-refractivity contribution in [1.29, 1.82) is 0 Å². The summed E-state index contributed by atoms with van der Waals surface area (Å²) in [6.07, 6.45) is 0. The number of benzene rings is 4. The highest BCUT2D eigenvalue weighted by Gasteiger charge is 2.35. The van der Waals surface area contributed by atoms with Gasteiger partial charge in [-0.1, -0.05) is 74.5 Å². The van der Waals surface area contributed by atoms with Gasteiger partial charge < -0.3 is 4.57 Å². The van der Waals surface area contributed by atoms with Crippen LogP contribution in [0.1, 0.15) is 31.9 Å². The number of nitrogens with zero attached hydrogens (tertiary/aromatic N) is 1. The first-order chi connectivity index (χ1) is 14.6. The van der Waals surface area contributed by atoms with Crippen molar-refractivity contribution in [3.8, 4) is 22.3 Å². The van der Waals surface area contributed by atoms with Gasteiger partial charge in [0.2, 0.25) is 0 Å². The van der Waals surface area contributed by atoms with E-state index >= 15 is 0 Å². The van der Waals surface area contributed by atoms with Crippen molar-refractivity contribution in [1.82, 2.24) is 4.57 Å². The van der Waals surface area contributed by atoms with Gasteiger partial charge in [-0.3, -0.25) is 0 Å². The van der Waals surface area contributed by atoms with Crippen LogP contribution in [0, 0.1) is 0 Å². The van der Waals surface area contributed by atoms with Crippen LogP contribution in [-0.2, 0) is 12.0 Å². The fourth-order valence-corrected chi connectivity index (χ4v) is 5.47. The van der Waals surface area contributed by atoms with E-state index in [1.54, 1.807) is 0 Å². The minimum Gasteiger partial charge on any atom is -0.341 e. The van der Waals surface area contributed by atoms with Gasteiger partial charge in [-0.05, 0) is 64.6 Å². The topological polar surface area (TPSA) is 4.93 Å². The van der Waals surface area contributed by atoms with E-state index < -0.39 is 0 Å². The molecule has 1 aromatic heterocycles. The first-order valence-corrected chi connectivity index (χ1v) is 10.9. The van der Waals surface area contributed by atoms with Crippen LogP contribution in [0.25, 0.3) is 44.1 Å². The molecule has 0 saturated carbocycles. The van der Waals surface area contributed by atoms with E-state index in [9.17, 15) is 0 Å². The molecule has 1 heteroatoms. The smallest absolute Gasteiger partial charge is 0.0491 e. The van der Waals surface area contributed by atoms with Crippen molar-refractivity contribution in [2.45, 2.75) is 32.7 Å². The minimum atomic E-state index is 0.0585. The second-order valence-corrected chi connectivity index (χ2v) is 8.92. The van der Waals surface area contributed by atoms with Gasteiger partial charge in [-0.2, -0.15) is 0 Å². The van der Waals surface area contributed by atoms with Gasteiger partial charge in [0, 0.05) is 33.8 Å². The molecule has 1 aliphatic carbocycles. The molecule has 0 unspecified atom stereocenters. The number of aromatic nitrogens is 1. The lowest BCUT2D eigenvalue weighted by molar-refractivity contribution is 0.660. The van der Waals surface area contributed by atoms with Crippen molar-refractivity contribution in [3.63, 3.8) is 0 Å². The highest BCUT2D eigenvalue weighted by Crippen LogP contribution is 2.49. The summed E-state index contributed by atoms with van der Waals surface area (Å²) in [4.78, 5) is 0. The van der Waals surface area contributed by atoms with Gasteiger partial charge in [0.1, 0.15) is 0 Å². The molecule has 146 valence electrons. The highest BCUT2D eigenvalue weighted by atomic mass is 15.0. The summed E-state index contributed by atoms with van der Waals surface area (Å²) in [5, 5.41) is 2.68. The molecule has 4 aromatic carbocycles. The van der Waals surface area contributed by atoms with Crippen LogP contribution in [0.3, 0.4) is 0 Å². The Balaban J connectivity index is 1.57. The molecule has 5 aromatic rings. The predicted molar refractivity (Wildman–Crippen MR) is 128 cm³/mol. The molecule has 0 fully saturated rings. The third-order valence-corrected chi connectivity index (χ3v) is 7.01. The van der Waals surface area contributed by atoms with E-state index in [0.717, 1.165) is 6.54 Å². The summed E-state index contributed by atoms with van der Waals surface area (Å²) in [5.74, 6) is 0. The minimum absolute atomic E-state index is 0.0585. The maximum absolute atomic E-state index is 2.41. The van der Waals surface area contributed by atoms with E-state index in [0.29, 0.717) is 0 Å². The van der Waals surface area contributed by atoms with Crippen LogP contribution < -0.4 is 0 Å². The Bertz CT molecular complexity index is 1450. The lowest BCUT2D eigenvalue weighted by atomic mass is 9.82. The molecule has 30 heavy (non-hydrogen) atoms. The SMILES string of the molecule is CCn1c2ccccc2c2cc(-c3ccc4c(c3)-c3ccccc3C4(C)C)ccc21. The zero-order valence-corrected chi connectivity index (χ0v) is 17.7. The molecule has 6 rings (SSSR count). The van der Waals surface area contributed by atoms with Gasteiger partial charge in [0.25, 0.3) is 0 Å². The standard InChI is InChI=1S/C29H25N/c1-4-30-27-12-8-6-10-22(27)24-18-20(14-16-28(24)30)19-13-15-26-23(17-19)21-9-5-7-11-25(21)29(26,2)3/h5-18H,4H2,1-3H3. The molecule has 0 amide bonds. The number of para-hydroxylation sites is 1. The molecule has 0 bridgehead atoms. The molecule has 0 spiro atoms. The van der Waals surface area contributed by atoms with Crippen LogP contribution in [0.4, 0.5) is 0 Å². The van der Waals surface area contributed by atoms with Crippen molar-refractivity contribution in [2.24, 2.45) is 0 Å². The molecular weight excluding hydrogens is 362 g/mol. The maximum Gasteiger partial charge on any atom is 0.0491 e. The lowest BCUT2D eigenvalue weighted by Crippen LogP contribution is -2.14. The first kappa shape index (κ1) is 17.5. The van der Waals surface area contributed by atoms with Crippen molar-refractivity contribution >= 4 is 21.8 Å². The monoisotopic (exact) mass is 387 g/mol. The Kier molecular flexibility index (Phi) is 3.56. The van der Waals surface area contributed by atoms with Crippen molar-refractivity contribution in [3.05, 3.63) is 96.1 Å². The molecule has 1 nitrogen and oxygen atoms in total. The molecule has 0 N–H and O–H groups in total.